The highest BCUT2D eigenvalue weighted by molar-refractivity contribution is 7.90. The van der Waals surface area contributed by atoms with E-state index in [4.69, 9.17) is 4.74 Å². The number of amides is 1. The Morgan fingerprint density at radius 3 is 2.59 bits per heavy atom. The third kappa shape index (κ3) is 4.25. The minimum atomic E-state index is -3.92. The van der Waals surface area contributed by atoms with Crippen LogP contribution in [-0.2, 0) is 19.6 Å². The maximum absolute atomic E-state index is 12.8. The Balaban J connectivity index is 1.54. The average molecular weight is 456 g/mol. The molecule has 1 amide bonds. The maximum atomic E-state index is 12.8. The molecule has 1 saturated heterocycles. The van der Waals surface area contributed by atoms with Gasteiger partial charge in [-0.3, -0.25) is 4.79 Å². The average Bonchev–Trinajstić information content (AvgIpc) is 3.03. The molecule has 9 heteroatoms. The van der Waals surface area contributed by atoms with Gasteiger partial charge in [0.1, 0.15) is 10.7 Å². The molecule has 2 aromatic carbocycles. The molecule has 2 heterocycles. The van der Waals surface area contributed by atoms with E-state index in [0.29, 0.717) is 30.2 Å². The van der Waals surface area contributed by atoms with E-state index in [1.54, 1.807) is 25.2 Å². The van der Waals surface area contributed by atoms with E-state index < -0.39 is 28.0 Å². The summed E-state index contributed by atoms with van der Waals surface area (Å²) in [5, 5.41) is 0. The van der Waals surface area contributed by atoms with Crippen LogP contribution < -0.4 is 9.80 Å². The zero-order valence-electron chi connectivity index (χ0n) is 18.0. The molecular weight excluding hydrogens is 430 g/mol. The Morgan fingerprint density at radius 1 is 1.09 bits per heavy atom. The second kappa shape index (κ2) is 8.74. The fraction of sp³-hybridized carbons (Fsp3) is 0.348. The molecule has 0 aliphatic carbocycles. The van der Waals surface area contributed by atoms with Crippen molar-refractivity contribution >= 4 is 39.1 Å². The summed E-state index contributed by atoms with van der Waals surface area (Å²) in [5.41, 5.74) is 1.26. The largest absolute Gasteiger partial charge is 0.449 e. The zero-order valence-corrected chi connectivity index (χ0v) is 18.8. The summed E-state index contributed by atoms with van der Waals surface area (Å²) in [6.45, 7) is 2.17. The van der Waals surface area contributed by atoms with Crippen LogP contribution in [0.5, 0.6) is 0 Å². The lowest BCUT2D eigenvalue weighted by molar-refractivity contribution is -0.126. The van der Waals surface area contributed by atoms with E-state index >= 15 is 0 Å². The van der Waals surface area contributed by atoms with Crippen LogP contribution in [0.2, 0.25) is 0 Å². The number of rotatable bonds is 4. The molecule has 1 unspecified atom stereocenters. The molecule has 0 bridgehead atoms. The van der Waals surface area contributed by atoms with Crippen LogP contribution in [0.4, 0.5) is 11.4 Å². The fourth-order valence-corrected chi connectivity index (χ4v) is 5.22. The summed E-state index contributed by atoms with van der Waals surface area (Å²) in [5.74, 6) is -0.613. The van der Waals surface area contributed by atoms with Gasteiger partial charge in [-0.1, -0.05) is 24.6 Å². The molecule has 1 atom stereocenters. The number of amidine groups is 1. The van der Waals surface area contributed by atoms with Gasteiger partial charge in [-0.15, -0.1) is 4.40 Å². The lowest BCUT2D eigenvalue weighted by Crippen LogP contribution is -2.37. The Bertz CT molecular complexity index is 1180. The molecule has 32 heavy (non-hydrogen) atoms. The molecule has 168 valence electrons. The highest BCUT2D eigenvalue weighted by Crippen LogP contribution is 2.35. The van der Waals surface area contributed by atoms with Crippen LogP contribution in [0.25, 0.3) is 0 Å². The van der Waals surface area contributed by atoms with Crippen LogP contribution in [-0.4, -0.2) is 45.8 Å². The predicted molar refractivity (Wildman–Crippen MR) is 122 cm³/mol. The van der Waals surface area contributed by atoms with Crippen molar-refractivity contribution in [1.29, 1.82) is 0 Å². The molecule has 2 aliphatic rings. The van der Waals surface area contributed by atoms with E-state index in [2.05, 4.69) is 4.40 Å². The lowest BCUT2D eigenvalue weighted by Gasteiger charge is -2.29. The maximum Gasteiger partial charge on any atom is 0.338 e. The van der Waals surface area contributed by atoms with Gasteiger partial charge < -0.3 is 14.5 Å². The minimum absolute atomic E-state index is 0.0158. The predicted octanol–water partition coefficient (Wildman–Crippen LogP) is 3.38. The van der Waals surface area contributed by atoms with Crippen LogP contribution in [0.1, 0.15) is 43.0 Å². The number of carbonyl (C=O) groups excluding carboxylic acids is 2. The fourth-order valence-electron chi connectivity index (χ4n) is 3.94. The first-order valence-electron chi connectivity index (χ1n) is 10.6. The number of nitrogens with zero attached hydrogens (tertiary/aromatic N) is 3. The van der Waals surface area contributed by atoms with E-state index in [1.807, 2.05) is 23.1 Å². The molecule has 0 saturated carbocycles. The highest BCUT2D eigenvalue weighted by Gasteiger charge is 2.33. The van der Waals surface area contributed by atoms with E-state index in [0.717, 1.165) is 19.3 Å². The van der Waals surface area contributed by atoms with Crippen LogP contribution in [0, 0.1) is 0 Å². The zero-order chi connectivity index (χ0) is 22.9. The number of esters is 1. The van der Waals surface area contributed by atoms with Gasteiger partial charge in [0.2, 0.25) is 0 Å². The standard InChI is InChI=1S/C23H25N3O5S/c1-16(22(27)25(2)18-9-5-3-6-10-18)31-23(28)17-12-13-19-20(15-17)32(29,30)24-21-11-7-4-8-14-26(19)21/h3,5-6,9-10,12-13,15-16H,4,7-8,11,14H2,1-2H3. The number of hydrogen-bond acceptors (Lipinski definition) is 6. The number of likely N-dealkylation sites (N-methyl/N-ethyl adjacent to an activating group) is 1. The van der Waals surface area contributed by atoms with Crippen molar-refractivity contribution in [1.82, 2.24) is 0 Å². The van der Waals surface area contributed by atoms with Crippen molar-refractivity contribution in [2.75, 3.05) is 23.4 Å². The molecule has 0 radical (unpaired) electrons. The number of ether oxygens (including phenoxy) is 1. The van der Waals surface area contributed by atoms with Crippen LogP contribution >= 0.6 is 0 Å². The van der Waals surface area contributed by atoms with Crippen molar-refractivity contribution in [2.24, 2.45) is 4.40 Å². The van der Waals surface area contributed by atoms with Gasteiger partial charge in [0.15, 0.2) is 6.10 Å². The number of anilines is 2. The van der Waals surface area contributed by atoms with Gasteiger partial charge >= 0.3 is 5.97 Å². The molecule has 0 spiro atoms. The Labute approximate surface area is 187 Å². The van der Waals surface area contributed by atoms with Crippen molar-refractivity contribution < 1.29 is 22.7 Å². The molecule has 8 nitrogen and oxygen atoms in total. The van der Waals surface area contributed by atoms with Crippen LogP contribution in [0.3, 0.4) is 0 Å². The van der Waals surface area contributed by atoms with E-state index in [9.17, 15) is 18.0 Å². The quantitative estimate of drug-likeness (QED) is 0.656. The summed E-state index contributed by atoms with van der Waals surface area (Å²) < 4.78 is 34.9. The van der Waals surface area contributed by atoms with Gasteiger partial charge in [-0.25, -0.2) is 4.79 Å². The SMILES string of the molecule is CC(OC(=O)c1ccc2c(c1)S(=O)(=O)N=C1CCCCCN12)C(=O)N(C)c1ccccc1. The first kappa shape index (κ1) is 22.0. The summed E-state index contributed by atoms with van der Waals surface area (Å²) in [7, 11) is -2.31. The molecule has 4 rings (SSSR count). The smallest absolute Gasteiger partial charge is 0.338 e. The number of sulfonamides is 1. The Morgan fingerprint density at radius 2 is 1.84 bits per heavy atom. The van der Waals surface area contributed by atoms with Gasteiger partial charge in [0, 0.05) is 25.7 Å². The summed E-state index contributed by atoms with van der Waals surface area (Å²) in [6.07, 6.45) is 2.41. The number of fused-ring (bicyclic) bond motifs is 3. The topological polar surface area (TPSA) is 96.4 Å². The van der Waals surface area contributed by atoms with E-state index in [-0.39, 0.29) is 10.5 Å². The van der Waals surface area contributed by atoms with Crippen molar-refractivity contribution in [3.05, 3.63) is 54.1 Å². The van der Waals surface area contributed by atoms with Gasteiger partial charge in [0.05, 0.1) is 11.3 Å². The summed E-state index contributed by atoms with van der Waals surface area (Å²) in [6, 6.07) is 13.4. The summed E-state index contributed by atoms with van der Waals surface area (Å²) >= 11 is 0. The van der Waals surface area contributed by atoms with Crippen molar-refractivity contribution in [3.8, 4) is 0 Å². The van der Waals surface area contributed by atoms with Gasteiger partial charge in [0.25, 0.3) is 15.9 Å². The van der Waals surface area contributed by atoms with Crippen LogP contribution in [0.15, 0.2) is 57.8 Å². The molecule has 1 fully saturated rings. The highest BCUT2D eigenvalue weighted by atomic mass is 32.2. The van der Waals surface area contributed by atoms with E-state index in [1.165, 1.54) is 24.0 Å². The molecule has 0 aromatic heterocycles. The third-order valence-corrected chi connectivity index (χ3v) is 7.02. The van der Waals surface area contributed by atoms with Crippen molar-refractivity contribution in [2.45, 2.75) is 43.6 Å². The van der Waals surface area contributed by atoms with Crippen molar-refractivity contribution in [3.63, 3.8) is 0 Å². The second-order valence-electron chi connectivity index (χ2n) is 7.91. The minimum Gasteiger partial charge on any atom is -0.449 e. The first-order chi connectivity index (χ1) is 15.3. The molecule has 0 N–H and O–H groups in total. The molecule has 2 aromatic rings. The lowest BCUT2D eigenvalue weighted by atomic mass is 10.1. The number of para-hydroxylation sites is 1. The number of benzene rings is 2. The summed E-state index contributed by atoms with van der Waals surface area (Å²) in [4.78, 5) is 28.7. The van der Waals surface area contributed by atoms with Gasteiger partial charge in [-0.05, 0) is 50.1 Å². The number of hydrogen-bond donors (Lipinski definition) is 0. The first-order valence-corrected chi connectivity index (χ1v) is 12.0. The molecule has 2 aliphatic heterocycles. The number of carbonyl (C=O) groups is 2. The Kier molecular flexibility index (Phi) is 6.01. The third-order valence-electron chi connectivity index (χ3n) is 5.69. The monoisotopic (exact) mass is 455 g/mol. The Hall–Kier alpha value is -3.20. The second-order valence-corrected chi connectivity index (χ2v) is 9.48. The molecular formula is C23H25N3O5S. The normalized spacial score (nSPS) is 17.8. The van der Waals surface area contributed by atoms with Gasteiger partial charge in [-0.2, -0.15) is 8.42 Å².